The van der Waals surface area contributed by atoms with Crippen LogP contribution in [0.2, 0.25) is 0 Å². The van der Waals surface area contributed by atoms with Crippen molar-refractivity contribution in [1.82, 2.24) is 0 Å². The van der Waals surface area contributed by atoms with Crippen LogP contribution in [0.25, 0.3) is 0 Å². The number of carboxylic acid groups (broad SMARTS) is 1. The number of aliphatic carboxylic acids is 1. The highest BCUT2D eigenvalue weighted by molar-refractivity contribution is 5.76. The number of hydrogen-bond donors (Lipinski definition) is 4. The largest absolute Gasteiger partial charge is 0.481 e. The van der Waals surface area contributed by atoms with Crippen LogP contribution in [-0.2, 0) is 4.79 Å². The molecule has 5 nitrogen and oxygen atoms in total. The number of rotatable bonds is 2. The molecule has 0 aromatic carbocycles. The van der Waals surface area contributed by atoms with Crippen molar-refractivity contribution in [3.05, 3.63) is 11.6 Å². The lowest BCUT2D eigenvalue weighted by molar-refractivity contribution is -0.244. The summed E-state index contributed by atoms with van der Waals surface area (Å²) in [4.78, 5) is 12.8. The van der Waals surface area contributed by atoms with Crippen LogP contribution in [0.3, 0.4) is 0 Å². The van der Waals surface area contributed by atoms with Crippen molar-refractivity contribution in [2.24, 2.45) is 56.7 Å². The molecule has 0 bridgehead atoms. The van der Waals surface area contributed by atoms with E-state index in [0.717, 1.165) is 44.9 Å². The molecule has 5 aliphatic carbocycles. The van der Waals surface area contributed by atoms with E-state index in [9.17, 15) is 25.2 Å². The number of fused-ring (bicyclic) bond motifs is 7. The van der Waals surface area contributed by atoms with Gasteiger partial charge in [0.2, 0.25) is 0 Å². The minimum absolute atomic E-state index is 0.00815. The Kier molecular flexibility index (Phi) is 5.73. The lowest BCUT2D eigenvalue weighted by Gasteiger charge is -2.71. The highest BCUT2D eigenvalue weighted by atomic mass is 16.4. The molecule has 0 spiro atoms. The SMILES string of the molecule is C[C@@H]1[C@H](C)CC[C@]2(C(=O)O)CC[C@]3(C)C(=CC[C@H]4[C@@]5(C)C[C@H](O)[C@H](O)[C@@](C)(CO)[C@@H]5CC[C@@]43C)[C@H]12. The summed E-state index contributed by atoms with van der Waals surface area (Å²) in [6.45, 7) is 13.6. The van der Waals surface area contributed by atoms with Gasteiger partial charge in [-0.2, -0.15) is 0 Å². The van der Waals surface area contributed by atoms with Gasteiger partial charge in [-0.3, -0.25) is 4.79 Å². The molecule has 5 aliphatic rings. The van der Waals surface area contributed by atoms with Gasteiger partial charge in [0.05, 0.1) is 24.2 Å². The Labute approximate surface area is 211 Å². The van der Waals surface area contributed by atoms with Gasteiger partial charge < -0.3 is 20.4 Å². The quantitative estimate of drug-likeness (QED) is 0.409. The molecule has 4 saturated carbocycles. The van der Waals surface area contributed by atoms with E-state index in [1.807, 2.05) is 6.92 Å². The topological polar surface area (TPSA) is 98.0 Å². The molecule has 0 aromatic rings. The Bertz CT molecular complexity index is 930. The molecule has 5 heteroatoms. The molecule has 35 heavy (non-hydrogen) atoms. The van der Waals surface area contributed by atoms with E-state index in [1.54, 1.807) is 0 Å². The molecule has 0 aromatic heterocycles. The number of carbonyl (C=O) groups is 1. The fourth-order valence-corrected chi connectivity index (χ4v) is 11.0. The molecule has 0 radical (unpaired) electrons. The van der Waals surface area contributed by atoms with Crippen LogP contribution in [-0.4, -0.2) is 45.2 Å². The van der Waals surface area contributed by atoms with Crippen molar-refractivity contribution in [2.45, 2.75) is 105 Å². The predicted octanol–water partition coefficient (Wildman–Crippen LogP) is 5.03. The normalized spacial score (nSPS) is 57.7. The minimum atomic E-state index is -0.907. The minimum Gasteiger partial charge on any atom is -0.481 e. The molecule has 5 rings (SSSR count). The average molecular weight is 489 g/mol. The van der Waals surface area contributed by atoms with Crippen LogP contribution in [0.15, 0.2) is 11.6 Å². The first-order valence-electron chi connectivity index (χ1n) is 14.1. The maximum absolute atomic E-state index is 12.8. The second-order valence-corrected chi connectivity index (χ2v) is 14.5. The van der Waals surface area contributed by atoms with Crippen LogP contribution in [0.4, 0.5) is 0 Å². The van der Waals surface area contributed by atoms with Crippen molar-refractivity contribution in [3.8, 4) is 0 Å². The Morgan fingerprint density at radius 2 is 1.69 bits per heavy atom. The van der Waals surface area contributed by atoms with Crippen LogP contribution in [0.1, 0.15) is 92.9 Å². The number of aliphatic hydroxyl groups is 3. The Balaban J connectivity index is 1.62. The van der Waals surface area contributed by atoms with E-state index in [2.05, 4.69) is 40.7 Å². The van der Waals surface area contributed by atoms with Gasteiger partial charge in [0, 0.05) is 5.41 Å². The first-order chi connectivity index (χ1) is 16.2. The molecule has 4 N–H and O–H groups in total. The van der Waals surface area contributed by atoms with Crippen LogP contribution in [0, 0.1) is 56.7 Å². The summed E-state index contributed by atoms with van der Waals surface area (Å²) in [7, 11) is 0. The lowest BCUT2D eigenvalue weighted by atomic mass is 9.33. The van der Waals surface area contributed by atoms with E-state index < -0.39 is 29.0 Å². The van der Waals surface area contributed by atoms with Crippen molar-refractivity contribution in [2.75, 3.05) is 6.61 Å². The molecule has 12 atom stereocenters. The van der Waals surface area contributed by atoms with Gasteiger partial charge in [-0.25, -0.2) is 0 Å². The Hall–Kier alpha value is -0.910. The van der Waals surface area contributed by atoms with Gasteiger partial charge in [-0.05, 0) is 97.2 Å². The van der Waals surface area contributed by atoms with Crippen LogP contribution in [0.5, 0.6) is 0 Å². The van der Waals surface area contributed by atoms with Gasteiger partial charge in [0.15, 0.2) is 0 Å². The molecule has 4 fully saturated rings. The second-order valence-electron chi connectivity index (χ2n) is 14.5. The summed E-state index contributed by atoms with van der Waals surface area (Å²) in [5.41, 5.74) is -0.214. The smallest absolute Gasteiger partial charge is 0.310 e. The van der Waals surface area contributed by atoms with Gasteiger partial charge in [0.1, 0.15) is 0 Å². The number of aliphatic hydroxyl groups excluding tert-OH is 3. The Morgan fingerprint density at radius 1 is 1.00 bits per heavy atom. The number of allylic oxidation sites excluding steroid dienone is 2. The van der Waals surface area contributed by atoms with Gasteiger partial charge in [-0.15, -0.1) is 0 Å². The third-order valence-corrected chi connectivity index (χ3v) is 13.5. The summed E-state index contributed by atoms with van der Waals surface area (Å²) in [6, 6.07) is 0. The third kappa shape index (κ3) is 2.95. The molecular formula is C30H48O5. The Morgan fingerprint density at radius 3 is 2.31 bits per heavy atom. The van der Waals surface area contributed by atoms with Gasteiger partial charge >= 0.3 is 5.97 Å². The van der Waals surface area contributed by atoms with E-state index >= 15 is 0 Å². The van der Waals surface area contributed by atoms with Gasteiger partial charge in [-0.1, -0.05) is 53.2 Å². The van der Waals surface area contributed by atoms with E-state index in [0.29, 0.717) is 24.2 Å². The lowest BCUT2D eigenvalue weighted by Crippen LogP contribution is -2.68. The van der Waals surface area contributed by atoms with Crippen molar-refractivity contribution >= 4 is 5.97 Å². The first-order valence-corrected chi connectivity index (χ1v) is 14.1. The molecule has 0 amide bonds. The summed E-state index contributed by atoms with van der Waals surface area (Å²) in [6.07, 6.45) is 7.51. The third-order valence-electron chi connectivity index (χ3n) is 13.5. The highest BCUT2D eigenvalue weighted by Crippen LogP contribution is 2.75. The fraction of sp³-hybridized carbons (Fsp3) is 0.900. The molecule has 198 valence electrons. The summed E-state index contributed by atoms with van der Waals surface area (Å²) < 4.78 is 0. The monoisotopic (exact) mass is 488 g/mol. The van der Waals surface area contributed by atoms with E-state index in [-0.39, 0.29) is 34.7 Å². The average Bonchev–Trinajstić information content (AvgIpc) is 2.80. The molecule has 0 unspecified atom stereocenters. The van der Waals surface area contributed by atoms with Crippen molar-refractivity contribution in [1.29, 1.82) is 0 Å². The summed E-state index contributed by atoms with van der Waals surface area (Å²) >= 11 is 0. The molecular weight excluding hydrogens is 440 g/mol. The fourth-order valence-electron chi connectivity index (χ4n) is 11.0. The molecule has 0 saturated heterocycles. The zero-order valence-electron chi connectivity index (χ0n) is 22.7. The summed E-state index contributed by atoms with van der Waals surface area (Å²) in [5.74, 6) is 0.828. The zero-order chi connectivity index (χ0) is 25.8. The maximum Gasteiger partial charge on any atom is 0.310 e. The number of carboxylic acids is 1. The first kappa shape index (κ1) is 25.7. The standard InChI is InChI=1S/C30H48O5/c1-17-9-12-30(25(34)35)14-13-28(5)19(23(30)18(17)2)7-8-22-26(3)15-20(32)24(33)27(4,16-31)21(26)10-11-29(22,28)6/h7,17-18,20-24,31-33H,8-16H2,1-6H3,(H,34,35)/t17-,18-,20+,21-,22+,23+,24+,26+,27+,28-,29+,30+/m1/s1. The van der Waals surface area contributed by atoms with Crippen molar-refractivity contribution in [3.63, 3.8) is 0 Å². The van der Waals surface area contributed by atoms with E-state index in [4.69, 9.17) is 0 Å². The second kappa shape index (κ2) is 7.80. The predicted molar refractivity (Wildman–Crippen MR) is 135 cm³/mol. The zero-order valence-corrected chi connectivity index (χ0v) is 22.7. The van der Waals surface area contributed by atoms with Crippen LogP contribution < -0.4 is 0 Å². The molecule has 0 aliphatic heterocycles. The van der Waals surface area contributed by atoms with Crippen molar-refractivity contribution < 1.29 is 25.2 Å². The molecule has 0 heterocycles. The maximum atomic E-state index is 12.8. The van der Waals surface area contributed by atoms with Crippen LogP contribution >= 0.6 is 0 Å². The highest BCUT2D eigenvalue weighted by Gasteiger charge is 2.70. The van der Waals surface area contributed by atoms with E-state index in [1.165, 1.54) is 5.57 Å². The summed E-state index contributed by atoms with van der Waals surface area (Å²) in [5, 5.41) is 42.9. The number of hydrogen-bond acceptors (Lipinski definition) is 4. The van der Waals surface area contributed by atoms with Gasteiger partial charge in [0.25, 0.3) is 0 Å².